The molecule has 6 nitrogen and oxygen atoms in total. The molecule has 6 heteroatoms. The molecule has 6 aromatic carbocycles. The van der Waals surface area contributed by atoms with Crippen LogP contribution in [0.2, 0.25) is 0 Å². The summed E-state index contributed by atoms with van der Waals surface area (Å²) in [5, 5.41) is 2.52. The van der Waals surface area contributed by atoms with Crippen LogP contribution in [0.4, 0.5) is 11.4 Å². The van der Waals surface area contributed by atoms with E-state index in [0.29, 0.717) is 4.70 Å². The molecule has 0 radical (unpaired) electrons. The molecule has 230 valence electrons. The van der Waals surface area contributed by atoms with E-state index < -0.39 is 5.41 Å². The van der Waals surface area contributed by atoms with Gasteiger partial charge in [-0.3, -0.25) is 0 Å². The Morgan fingerprint density at radius 3 is 2.16 bits per heavy atom. The highest BCUT2D eigenvalue weighted by Gasteiger charge is 2.71. The monoisotopic (exact) mass is 640 g/mol. The van der Waals surface area contributed by atoms with Gasteiger partial charge in [-0.25, -0.2) is 4.57 Å². The standard InChI is InChI=1S/C44H26N5O/c1-45-34-19-6-7-20-35(34)48-42(45)29-14-9-21-36-40(29)49(48)41-37(50-36)23-22-33-39(41)47-38-27(28-15-10-24-46(49)43(28)47)13-8-18-32(38)44(33)30-16-4-2-11-25(30)26-12-3-5-17-31(26)44/h2-24H,1H3/q+3. The predicted octanol–water partition coefficient (Wildman–Crippen LogP) is 8.49. The Morgan fingerprint density at radius 2 is 1.30 bits per heavy atom. The lowest BCUT2D eigenvalue weighted by Gasteiger charge is -2.40. The van der Waals surface area contributed by atoms with Gasteiger partial charge in [0.25, 0.3) is 5.69 Å². The number of aryl methyl sites for hydroxylation is 1. The first-order chi connectivity index (χ1) is 24.8. The number of nitrogens with zero attached hydrogens (tertiary/aromatic N) is 5. The molecular weight excluding hydrogens is 615 g/mol. The van der Waals surface area contributed by atoms with Crippen LogP contribution in [0.5, 0.6) is 11.5 Å². The van der Waals surface area contributed by atoms with E-state index in [0.717, 1.165) is 28.7 Å². The Labute approximate surface area is 285 Å². The highest BCUT2D eigenvalue weighted by Crippen LogP contribution is 2.66. The number of hydrogen-bond acceptors (Lipinski definition) is 1. The van der Waals surface area contributed by atoms with Crippen molar-refractivity contribution in [3.63, 3.8) is 0 Å². The van der Waals surface area contributed by atoms with Crippen molar-refractivity contribution >= 4 is 44.3 Å². The molecular formula is C44H26N5O+3. The Balaban J connectivity index is 1.32. The van der Waals surface area contributed by atoms with Crippen molar-refractivity contribution in [3.8, 4) is 39.7 Å². The zero-order valence-electron chi connectivity index (χ0n) is 26.9. The zero-order chi connectivity index (χ0) is 32.2. The molecule has 0 saturated carbocycles. The highest BCUT2D eigenvalue weighted by molar-refractivity contribution is 6.12. The first-order valence-corrected chi connectivity index (χ1v) is 17.3. The Morgan fingerprint density at radius 1 is 0.600 bits per heavy atom. The number of rotatable bonds is 0. The van der Waals surface area contributed by atoms with Crippen LogP contribution < -0.4 is 18.8 Å². The third-order valence-electron chi connectivity index (χ3n) is 12.5. The average molecular weight is 641 g/mol. The van der Waals surface area contributed by atoms with Crippen molar-refractivity contribution in [3.05, 3.63) is 162 Å². The number of imidazole rings is 1. The molecule has 3 aromatic heterocycles. The van der Waals surface area contributed by atoms with Crippen LogP contribution in [-0.4, -0.2) is 9.13 Å². The minimum atomic E-state index is -0.515. The normalized spacial score (nSPS) is 18.1. The minimum absolute atomic E-state index is 0.350. The summed E-state index contributed by atoms with van der Waals surface area (Å²) in [5.41, 5.74) is 16.9. The van der Waals surface area contributed by atoms with Gasteiger partial charge in [-0.2, -0.15) is 4.57 Å². The third-order valence-corrected chi connectivity index (χ3v) is 12.5. The number of ether oxygens (including phenoxy) is 1. The van der Waals surface area contributed by atoms with Gasteiger partial charge < -0.3 is 4.74 Å². The molecule has 50 heavy (non-hydrogen) atoms. The molecule has 0 amide bonds. The lowest BCUT2D eigenvalue weighted by Crippen LogP contribution is -2.84. The molecule has 2 spiro atoms. The van der Waals surface area contributed by atoms with E-state index >= 15 is 0 Å². The Bertz CT molecular complexity index is 3120. The Kier molecular flexibility index (Phi) is 3.71. The molecule has 14 rings (SSSR count). The van der Waals surface area contributed by atoms with Gasteiger partial charge in [-0.15, -0.1) is 0 Å². The summed E-state index contributed by atoms with van der Waals surface area (Å²) in [7, 11) is 2.20. The van der Waals surface area contributed by atoms with Gasteiger partial charge in [0.05, 0.1) is 22.5 Å². The molecule has 9 aromatic rings. The molecule has 4 aliphatic heterocycles. The number of benzene rings is 6. The van der Waals surface area contributed by atoms with Crippen molar-refractivity contribution in [1.29, 1.82) is 0 Å². The fourth-order valence-corrected chi connectivity index (χ4v) is 11.0. The van der Waals surface area contributed by atoms with Gasteiger partial charge in [0, 0.05) is 21.2 Å². The maximum Gasteiger partial charge on any atom is 0.352 e. The van der Waals surface area contributed by atoms with Crippen LogP contribution in [-0.2, 0) is 12.5 Å². The maximum atomic E-state index is 7.06. The van der Waals surface area contributed by atoms with Crippen LogP contribution in [0.25, 0.3) is 61.2 Å². The van der Waals surface area contributed by atoms with Crippen molar-refractivity contribution in [1.82, 2.24) is 13.8 Å². The van der Waals surface area contributed by atoms with Crippen LogP contribution >= 0.6 is 0 Å². The molecule has 0 fully saturated rings. The fraction of sp³-hybridized carbons (Fsp3) is 0.0455. The molecule has 1 atom stereocenters. The Hall–Kier alpha value is -6.50. The number of aromatic nitrogens is 4. The second-order valence-corrected chi connectivity index (χ2v) is 14.3. The predicted molar refractivity (Wildman–Crippen MR) is 193 cm³/mol. The second kappa shape index (κ2) is 7.54. The molecule has 0 N–H and O–H groups in total. The highest BCUT2D eigenvalue weighted by atomic mass is 16.5. The lowest BCUT2D eigenvalue weighted by molar-refractivity contribution is -1.01. The molecule has 0 bridgehead atoms. The molecule has 5 aliphatic rings. The van der Waals surface area contributed by atoms with Crippen LogP contribution in [0.15, 0.2) is 140 Å². The molecule has 7 heterocycles. The third kappa shape index (κ3) is 2.16. The van der Waals surface area contributed by atoms with Gasteiger partial charge in [0.2, 0.25) is 17.0 Å². The van der Waals surface area contributed by atoms with E-state index in [9.17, 15) is 0 Å². The summed E-state index contributed by atoms with van der Waals surface area (Å²) in [4.78, 5) is 0. The number of fused-ring (bicyclic) bond motifs is 12. The van der Waals surface area contributed by atoms with E-state index in [-0.39, 0.29) is 0 Å². The van der Waals surface area contributed by atoms with E-state index in [1.807, 2.05) is 0 Å². The number of hydrogen-bond donors (Lipinski definition) is 0. The summed E-state index contributed by atoms with van der Waals surface area (Å²) in [6.45, 7) is 0. The second-order valence-electron chi connectivity index (χ2n) is 14.3. The lowest BCUT2D eigenvalue weighted by atomic mass is 9.65. The summed E-state index contributed by atoms with van der Waals surface area (Å²) >= 11 is 0. The minimum Gasteiger partial charge on any atom is -0.444 e. The van der Waals surface area contributed by atoms with Crippen LogP contribution in [0, 0.1) is 0 Å². The van der Waals surface area contributed by atoms with Gasteiger partial charge in [0.1, 0.15) is 11.1 Å². The van der Waals surface area contributed by atoms with E-state index in [1.54, 1.807) is 0 Å². The molecule has 1 unspecified atom stereocenters. The SMILES string of the molecule is Cn1c2[n+](c3ccccc31)[N+]13c4c(cccc4-2)Oc2ccc4c(c21)-n1c2c(cccc2c2ccc[n+]3c21)C41c2ccccc2-c2ccccc21. The topological polar surface area (TPSA) is 26.8 Å². The number of pyridine rings is 1. The van der Waals surface area contributed by atoms with Crippen LogP contribution in [0.1, 0.15) is 22.3 Å². The summed E-state index contributed by atoms with van der Waals surface area (Å²) in [5.74, 6) is 2.93. The fourth-order valence-electron chi connectivity index (χ4n) is 11.0. The van der Waals surface area contributed by atoms with Gasteiger partial charge in [-0.1, -0.05) is 78.9 Å². The number of para-hydroxylation sites is 4. The summed E-state index contributed by atoms with van der Waals surface area (Å²) < 4.78 is 17.4. The smallest absolute Gasteiger partial charge is 0.352 e. The zero-order valence-corrected chi connectivity index (χ0v) is 26.9. The van der Waals surface area contributed by atoms with Gasteiger partial charge in [-0.05, 0) is 81.5 Å². The van der Waals surface area contributed by atoms with Crippen molar-refractivity contribution in [2.75, 3.05) is 0 Å². The summed E-state index contributed by atoms with van der Waals surface area (Å²) in [6, 6.07) is 49.7. The first kappa shape index (κ1) is 24.6. The van der Waals surface area contributed by atoms with E-state index in [1.165, 1.54) is 77.6 Å². The molecule has 0 saturated heterocycles. The maximum absolute atomic E-state index is 7.06. The van der Waals surface area contributed by atoms with Crippen LogP contribution in [0.3, 0.4) is 0 Å². The van der Waals surface area contributed by atoms with Crippen molar-refractivity contribution in [2.45, 2.75) is 5.41 Å². The van der Waals surface area contributed by atoms with Crippen molar-refractivity contribution in [2.24, 2.45) is 7.05 Å². The van der Waals surface area contributed by atoms with Gasteiger partial charge in [0.15, 0.2) is 17.5 Å². The number of quaternary nitrogens is 1. The summed E-state index contributed by atoms with van der Waals surface area (Å²) in [6.07, 6.45) is 2.28. The van der Waals surface area contributed by atoms with E-state index in [2.05, 4.69) is 165 Å². The van der Waals surface area contributed by atoms with Gasteiger partial charge >= 0.3 is 17.2 Å². The average Bonchev–Trinajstić information content (AvgIpc) is 3.86. The van der Waals surface area contributed by atoms with Crippen molar-refractivity contribution < 1.29 is 14.1 Å². The molecule has 1 aliphatic carbocycles. The first-order valence-electron chi connectivity index (χ1n) is 17.3. The largest absolute Gasteiger partial charge is 0.444 e. The van der Waals surface area contributed by atoms with E-state index in [4.69, 9.17) is 4.74 Å². The quantitative estimate of drug-likeness (QED) is 0.121.